The quantitative estimate of drug-likeness (QED) is 0.687. The zero-order valence-electron chi connectivity index (χ0n) is 12.5. The molecule has 0 spiro atoms. The molecule has 0 aromatic carbocycles. The highest BCUT2D eigenvalue weighted by molar-refractivity contribution is 7.17. The van der Waals surface area contributed by atoms with Crippen molar-refractivity contribution in [3.8, 4) is 0 Å². The van der Waals surface area contributed by atoms with Gasteiger partial charge in [-0.3, -0.25) is 4.79 Å². The van der Waals surface area contributed by atoms with E-state index in [0.717, 1.165) is 30.2 Å². The van der Waals surface area contributed by atoms with Crippen molar-refractivity contribution < 1.29 is 9.53 Å². The molecule has 0 aliphatic rings. The maximum absolute atomic E-state index is 11.1. The number of anilines is 1. The topological polar surface area (TPSA) is 42.4 Å². The minimum atomic E-state index is 0.391. The highest BCUT2D eigenvalue weighted by Gasteiger charge is 2.17. The Bertz CT molecular complexity index is 392. The zero-order chi connectivity index (χ0) is 14.4. The highest BCUT2D eigenvalue weighted by Crippen LogP contribution is 2.27. The molecule has 1 rings (SSSR count). The van der Waals surface area contributed by atoms with Gasteiger partial charge in [0.1, 0.15) is 0 Å². The Hall–Kier alpha value is -0.940. The number of rotatable bonds is 8. The Labute approximate surface area is 119 Å². The fraction of sp³-hybridized carbons (Fsp3) is 0.714. The van der Waals surface area contributed by atoms with Gasteiger partial charge in [0.15, 0.2) is 11.4 Å². The molecule has 19 heavy (non-hydrogen) atoms. The average molecular weight is 284 g/mol. The molecule has 1 heterocycles. The SMILES string of the molecule is COCc1nc(N(CC(C)C)CC(C)C)sc1C=O. The average Bonchev–Trinajstić information content (AvgIpc) is 2.70. The molecular weight excluding hydrogens is 260 g/mol. The van der Waals surface area contributed by atoms with Gasteiger partial charge in [-0.25, -0.2) is 4.98 Å². The largest absolute Gasteiger partial charge is 0.378 e. The second kappa shape index (κ2) is 7.60. The molecule has 0 radical (unpaired) electrons. The van der Waals surface area contributed by atoms with Crippen LogP contribution >= 0.6 is 11.3 Å². The molecule has 5 heteroatoms. The summed E-state index contributed by atoms with van der Waals surface area (Å²) in [7, 11) is 1.62. The third-order valence-corrected chi connectivity index (χ3v) is 3.63. The minimum Gasteiger partial charge on any atom is -0.378 e. The molecule has 0 unspecified atom stereocenters. The molecule has 108 valence electrons. The third-order valence-electron chi connectivity index (χ3n) is 2.55. The molecular formula is C14H24N2O2S. The van der Waals surface area contributed by atoms with Gasteiger partial charge in [0.2, 0.25) is 0 Å². The summed E-state index contributed by atoms with van der Waals surface area (Å²) in [5.74, 6) is 1.13. The first-order valence-corrected chi connectivity index (χ1v) is 7.48. The van der Waals surface area contributed by atoms with Crippen LogP contribution in [0.3, 0.4) is 0 Å². The minimum absolute atomic E-state index is 0.391. The molecule has 0 fully saturated rings. The molecule has 0 aliphatic carbocycles. The van der Waals surface area contributed by atoms with Crippen molar-refractivity contribution in [3.05, 3.63) is 10.6 Å². The Morgan fingerprint density at radius 2 is 1.84 bits per heavy atom. The van der Waals surface area contributed by atoms with Gasteiger partial charge in [0, 0.05) is 20.2 Å². The van der Waals surface area contributed by atoms with E-state index in [4.69, 9.17) is 4.74 Å². The van der Waals surface area contributed by atoms with Gasteiger partial charge in [0.25, 0.3) is 0 Å². The lowest BCUT2D eigenvalue weighted by Crippen LogP contribution is -2.31. The number of aromatic nitrogens is 1. The van der Waals surface area contributed by atoms with Gasteiger partial charge in [-0.05, 0) is 11.8 Å². The van der Waals surface area contributed by atoms with Crippen LogP contribution in [0.5, 0.6) is 0 Å². The number of methoxy groups -OCH3 is 1. The lowest BCUT2D eigenvalue weighted by atomic mass is 10.1. The summed E-state index contributed by atoms with van der Waals surface area (Å²) in [4.78, 5) is 18.6. The van der Waals surface area contributed by atoms with Crippen LogP contribution in [0.1, 0.15) is 43.1 Å². The normalized spacial score (nSPS) is 11.3. The maximum Gasteiger partial charge on any atom is 0.186 e. The molecule has 0 saturated carbocycles. The molecule has 4 nitrogen and oxygen atoms in total. The first kappa shape index (κ1) is 16.1. The van der Waals surface area contributed by atoms with E-state index in [0.29, 0.717) is 23.3 Å². The van der Waals surface area contributed by atoms with Crippen LogP contribution in [0, 0.1) is 11.8 Å². The Balaban J connectivity index is 2.97. The van der Waals surface area contributed by atoms with E-state index in [1.165, 1.54) is 11.3 Å². The van der Waals surface area contributed by atoms with Crippen LogP contribution in [-0.4, -0.2) is 31.5 Å². The molecule has 0 saturated heterocycles. The summed E-state index contributed by atoms with van der Waals surface area (Å²) in [6, 6.07) is 0. The molecule has 1 aromatic heterocycles. The van der Waals surface area contributed by atoms with E-state index in [1.54, 1.807) is 7.11 Å². The van der Waals surface area contributed by atoms with Gasteiger partial charge in [-0.2, -0.15) is 0 Å². The van der Waals surface area contributed by atoms with Crippen molar-refractivity contribution in [2.24, 2.45) is 11.8 Å². The van der Waals surface area contributed by atoms with E-state index in [-0.39, 0.29) is 0 Å². The Morgan fingerprint density at radius 1 is 1.26 bits per heavy atom. The van der Waals surface area contributed by atoms with Crippen molar-refractivity contribution in [2.45, 2.75) is 34.3 Å². The van der Waals surface area contributed by atoms with E-state index in [1.807, 2.05) is 0 Å². The summed E-state index contributed by atoms with van der Waals surface area (Å²) in [6.07, 6.45) is 0.873. The highest BCUT2D eigenvalue weighted by atomic mass is 32.1. The predicted molar refractivity (Wildman–Crippen MR) is 80.1 cm³/mol. The van der Waals surface area contributed by atoms with E-state index >= 15 is 0 Å². The van der Waals surface area contributed by atoms with E-state index < -0.39 is 0 Å². The molecule has 0 N–H and O–H groups in total. The van der Waals surface area contributed by atoms with Crippen LogP contribution < -0.4 is 4.90 Å². The van der Waals surface area contributed by atoms with Crippen LogP contribution in [0.25, 0.3) is 0 Å². The third kappa shape index (κ3) is 4.91. The molecule has 1 aromatic rings. The van der Waals surface area contributed by atoms with E-state index in [9.17, 15) is 4.79 Å². The van der Waals surface area contributed by atoms with E-state index in [2.05, 4.69) is 37.6 Å². The van der Waals surface area contributed by atoms with Gasteiger partial charge in [-0.1, -0.05) is 39.0 Å². The first-order chi connectivity index (χ1) is 8.97. The summed E-state index contributed by atoms with van der Waals surface area (Å²) in [5.41, 5.74) is 0.745. The predicted octanol–water partition coefficient (Wildman–Crippen LogP) is 3.22. The number of carbonyl (C=O) groups excluding carboxylic acids is 1. The lowest BCUT2D eigenvalue weighted by molar-refractivity contribution is 0.112. The summed E-state index contributed by atoms with van der Waals surface area (Å²) >= 11 is 1.46. The van der Waals surface area contributed by atoms with Crippen LogP contribution in [0.4, 0.5) is 5.13 Å². The van der Waals surface area contributed by atoms with Gasteiger partial charge >= 0.3 is 0 Å². The maximum atomic E-state index is 11.1. The van der Waals surface area contributed by atoms with Crippen LogP contribution in [0.15, 0.2) is 0 Å². The second-order valence-electron chi connectivity index (χ2n) is 5.55. The smallest absolute Gasteiger partial charge is 0.186 e. The van der Waals surface area contributed by atoms with Crippen molar-refractivity contribution in [3.63, 3.8) is 0 Å². The standard InChI is InChI=1S/C14H24N2O2S/c1-10(2)6-16(7-11(3)4)14-15-12(9-18-5)13(8-17)19-14/h8,10-11H,6-7,9H2,1-5H3. The number of hydrogen-bond donors (Lipinski definition) is 0. The van der Waals surface area contributed by atoms with Gasteiger partial charge in [-0.15, -0.1) is 0 Å². The number of carbonyl (C=O) groups is 1. The number of hydrogen-bond acceptors (Lipinski definition) is 5. The Kier molecular flexibility index (Phi) is 6.45. The number of aldehydes is 1. The summed E-state index contributed by atoms with van der Waals surface area (Å²) in [5, 5.41) is 0.927. The van der Waals surface area contributed by atoms with Crippen LogP contribution in [0.2, 0.25) is 0 Å². The summed E-state index contributed by atoms with van der Waals surface area (Å²) < 4.78 is 5.09. The van der Waals surface area contributed by atoms with Gasteiger partial charge in [0.05, 0.1) is 17.2 Å². The number of thiazole rings is 1. The van der Waals surface area contributed by atoms with Crippen molar-refractivity contribution >= 4 is 22.8 Å². The fourth-order valence-corrected chi connectivity index (χ4v) is 2.83. The number of nitrogens with zero attached hydrogens (tertiary/aromatic N) is 2. The molecule has 0 bridgehead atoms. The van der Waals surface area contributed by atoms with Crippen molar-refractivity contribution in [1.82, 2.24) is 4.98 Å². The van der Waals surface area contributed by atoms with Crippen molar-refractivity contribution in [2.75, 3.05) is 25.1 Å². The Morgan fingerprint density at radius 3 is 2.26 bits per heavy atom. The lowest BCUT2D eigenvalue weighted by Gasteiger charge is -2.25. The molecule has 0 aliphatic heterocycles. The number of ether oxygens (including phenoxy) is 1. The van der Waals surface area contributed by atoms with Crippen LogP contribution in [-0.2, 0) is 11.3 Å². The van der Waals surface area contributed by atoms with Crippen molar-refractivity contribution in [1.29, 1.82) is 0 Å². The second-order valence-corrected chi connectivity index (χ2v) is 6.56. The molecule has 0 atom stereocenters. The first-order valence-electron chi connectivity index (χ1n) is 6.66. The zero-order valence-corrected chi connectivity index (χ0v) is 13.3. The summed E-state index contributed by atoms with van der Waals surface area (Å²) in [6.45, 7) is 11.1. The van der Waals surface area contributed by atoms with Gasteiger partial charge < -0.3 is 9.64 Å². The fourth-order valence-electron chi connectivity index (χ4n) is 1.93. The monoisotopic (exact) mass is 284 g/mol. The molecule has 0 amide bonds.